The van der Waals surface area contributed by atoms with E-state index in [4.69, 9.17) is 10.5 Å². The maximum absolute atomic E-state index is 13.8. The Morgan fingerprint density at radius 1 is 1.34 bits per heavy atom. The van der Waals surface area contributed by atoms with Crippen LogP contribution >= 0.6 is 0 Å². The average molecular weight is 453 g/mol. The number of carbonyl (C=O) groups is 2. The molecule has 0 bridgehead atoms. The monoisotopic (exact) mass is 452 g/mol. The zero-order valence-electron chi connectivity index (χ0n) is 18.9. The van der Waals surface area contributed by atoms with Crippen LogP contribution in [0.25, 0.3) is 0 Å². The van der Waals surface area contributed by atoms with Crippen LogP contribution in [0.5, 0.6) is 0 Å². The number of nitrogens with one attached hydrogen (secondary N) is 1. The van der Waals surface area contributed by atoms with Gasteiger partial charge in [-0.15, -0.1) is 0 Å². The maximum atomic E-state index is 13.8. The molecule has 0 aromatic heterocycles. The largest absolute Gasteiger partial charge is 0.370 e. The summed E-state index contributed by atoms with van der Waals surface area (Å²) in [5.41, 5.74) is 6.06. The van der Waals surface area contributed by atoms with Crippen molar-refractivity contribution in [1.82, 2.24) is 4.90 Å². The third-order valence-corrected chi connectivity index (χ3v) is 6.11. The molecule has 1 saturated carbocycles. The fourth-order valence-corrected chi connectivity index (χ4v) is 4.25. The van der Waals surface area contributed by atoms with Crippen molar-refractivity contribution < 1.29 is 23.1 Å². The van der Waals surface area contributed by atoms with Crippen molar-refractivity contribution in [2.24, 2.45) is 17.6 Å². The first-order valence-corrected chi connectivity index (χ1v) is 11.3. The molecule has 1 aromatic carbocycles. The van der Waals surface area contributed by atoms with Gasteiger partial charge < -0.3 is 20.7 Å². The fraction of sp³-hybridized carbons (Fsp3) is 0.652. The second-order valence-electron chi connectivity index (χ2n) is 9.06. The number of nitrogens with zero attached hydrogens (tertiary/aromatic N) is 2. The molecule has 2 amide bonds. The van der Waals surface area contributed by atoms with Crippen LogP contribution in [-0.2, 0) is 14.3 Å². The number of anilines is 2. The van der Waals surface area contributed by atoms with Gasteiger partial charge in [0.05, 0.1) is 6.61 Å². The van der Waals surface area contributed by atoms with Crippen LogP contribution < -0.4 is 16.0 Å². The maximum Gasteiger partial charge on any atom is 0.265 e. The summed E-state index contributed by atoms with van der Waals surface area (Å²) in [6.07, 6.45) is 0.685. The van der Waals surface area contributed by atoms with Crippen LogP contribution in [0.1, 0.15) is 45.1 Å². The number of halogens is 2. The molecule has 178 valence electrons. The van der Waals surface area contributed by atoms with Crippen LogP contribution in [0.3, 0.4) is 0 Å². The van der Waals surface area contributed by atoms with Gasteiger partial charge in [0.2, 0.25) is 5.91 Å². The molecule has 1 aliphatic heterocycles. The number of rotatable bonds is 10. The van der Waals surface area contributed by atoms with Gasteiger partial charge in [0.25, 0.3) is 12.3 Å². The third-order valence-electron chi connectivity index (χ3n) is 6.11. The van der Waals surface area contributed by atoms with E-state index in [0.29, 0.717) is 37.2 Å². The highest BCUT2D eigenvalue weighted by Gasteiger charge is 2.30. The lowest BCUT2D eigenvalue weighted by Crippen LogP contribution is -2.52. The summed E-state index contributed by atoms with van der Waals surface area (Å²) in [5, 5.41) is 2.68. The molecule has 1 aromatic rings. The van der Waals surface area contributed by atoms with Crippen LogP contribution in [0.2, 0.25) is 0 Å². The van der Waals surface area contributed by atoms with E-state index >= 15 is 0 Å². The predicted molar refractivity (Wildman–Crippen MR) is 120 cm³/mol. The number of carbonyl (C=O) groups excluding carboxylic acids is 2. The van der Waals surface area contributed by atoms with Crippen molar-refractivity contribution in [3.63, 3.8) is 0 Å². The van der Waals surface area contributed by atoms with Gasteiger partial charge in [0.15, 0.2) is 0 Å². The van der Waals surface area contributed by atoms with Gasteiger partial charge >= 0.3 is 0 Å². The quantitative estimate of drug-likeness (QED) is 0.570. The molecule has 3 N–H and O–H groups in total. The Bertz CT molecular complexity index is 801. The lowest BCUT2D eigenvalue weighted by molar-refractivity contribution is -0.125. The molecule has 32 heavy (non-hydrogen) atoms. The smallest absolute Gasteiger partial charge is 0.265 e. The van der Waals surface area contributed by atoms with Gasteiger partial charge in [-0.25, -0.2) is 8.78 Å². The second kappa shape index (κ2) is 11.2. The molecule has 1 atom stereocenters. The Hall–Kier alpha value is -2.10. The van der Waals surface area contributed by atoms with E-state index in [2.05, 4.69) is 24.1 Å². The molecular formula is C23H34F2N4O3. The zero-order chi connectivity index (χ0) is 23.3. The molecular weight excluding hydrogens is 418 g/mol. The van der Waals surface area contributed by atoms with E-state index in [1.165, 1.54) is 23.5 Å². The Labute approximate surface area is 188 Å². The van der Waals surface area contributed by atoms with Crippen molar-refractivity contribution in [2.45, 2.75) is 45.6 Å². The molecule has 0 radical (unpaired) electrons. The molecule has 1 heterocycles. The lowest BCUT2D eigenvalue weighted by atomic mass is 9.84. The van der Waals surface area contributed by atoms with Crippen LogP contribution in [0.15, 0.2) is 18.2 Å². The highest BCUT2D eigenvalue weighted by molar-refractivity contribution is 5.97. The molecule has 1 aliphatic carbocycles. The first-order valence-electron chi connectivity index (χ1n) is 11.3. The standard InChI is InChI=1S/C23H34F2N4O3/c1-15(2)12-28(13-16-4-3-5-16)20(11-26)23(31)27-19-7-6-17(10-18(19)22(24)25)29-8-9-32-14-21(29)30/h6-7,10,15-16,20,22H,3-5,8-9,11-14,26H2,1-2H3,(H,27,31)/t20-/m1/s1. The van der Waals surface area contributed by atoms with Gasteiger partial charge in [-0.2, -0.15) is 0 Å². The van der Waals surface area contributed by atoms with E-state index in [9.17, 15) is 18.4 Å². The Kier molecular flexibility index (Phi) is 8.56. The molecule has 2 fully saturated rings. The molecule has 0 unspecified atom stereocenters. The van der Waals surface area contributed by atoms with E-state index in [0.717, 1.165) is 19.4 Å². The zero-order valence-corrected chi connectivity index (χ0v) is 18.9. The number of hydrogen-bond donors (Lipinski definition) is 2. The molecule has 3 rings (SSSR count). The number of ether oxygens (including phenoxy) is 1. The number of benzene rings is 1. The van der Waals surface area contributed by atoms with E-state index in [-0.39, 0.29) is 36.2 Å². The summed E-state index contributed by atoms with van der Waals surface area (Å²) in [4.78, 5) is 28.7. The minimum absolute atomic E-state index is 0.0426. The summed E-state index contributed by atoms with van der Waals surface area (Å²) >= 11 is 0. The minimum atomic E-state index is -2.81. The normalized spacial score (nSPS) is 18.4. The second-order valence-corrected chi connectivity index (χ2v) is 9.06. The number of morpholine rings is 1. The van der Waals surface area contributed by atoms with E-state index in [1.54, 1.807) is 6.07 Å². The first kappa shape index (κ1) is 24.5. The van der Waals surface area contributed by atoms with Gasteiger partial charge in [-0.1, -0.05) is 20.3 Å². The lowest BCUT2D eigenvalue weighted by Gasteiger charge is -2.37. The molecule has 1 saturated heterocycles. The highest BCUT2D eigenvalue weighted by atomic mass is 19.3. The van der Waals surface area contributed by atoms with Crippen molar-refractivity contribution in [2.75, 3.05) is 49.6 Å². The van der Waals surface area contributed by atoms with Crippen molar-refractivity contribution in [3.05, 3.63) is 23.8 Å². The predicted octanol–water partition coefficient (Wildman–Crippen LogP) is 3.01. The number of alkyl halides is 2. The minimum Gasteiger partial charge on any atom is -0.370 e. The Morgan fingerprint density at radius 2 is 2.09 bits per heavy atom. The average Bonchev–Trinajstić information content (AvgIpc) is 2.71. The summed E-state index contributed by atoms with van der Waals surface area (Å²) in [6.45, 7) is 6.34. The van der Waals surface area contributed by atoms with E-state index < -0.39 is 12.5 Å². The molecule has 0 spiro atoms. The van der Waals surface area contributed by atoms with Crippen molar-refractivity contribution in [1.29, 1.82) is 0 Å². The van der Waals surface area contributed by atoms with Gasteiger partial charge in [0.1, 0.15) is 12.6 Å². The van der Waals surface area contributed by atoms with Crippen molar-refractivity contribution in [3.8, 4) is 0 Å². The Balaban J connectivity index is 1.78. The third kappa shape index (κ3) is 6.02. The molecule has 7 nitrogen and oxygen atoms in total. The summed E-state index contributed by atoms with van der Waals surface area (Å²) in [6, 6.07) is 3.68. The number of amides is 2. The van der Waals surface area contributed by atoms with Gasteiger partial charge in [-0.3, -0.25) is 14.5 Å². The Morgan fingerprint density at radius 3 is 2.66 bits per heavy atom. The first-order chi connectivity index (χ1) is 15.3. The van der Waals surface area contributed by atoms with Gasteiger partial charge in [-0.05, 0) is 42.9 Å². The topological polar surface area (TPSA) is 87.9 Å². The summed E-state index contributed by atoms with van der Waals surface area (Å²) in [5.74, 6) is 0.234. The van der Waals surface area contributed by atoms with Gasteiger partial charge in [0, 0.05) is 43.1 Å². The van der Waals surface area contributed by atoms with Crippen LogP contribution in [-0.4, -0.2) is 62.1 Å². The van der Waals surface area contributed by atoms with Crippen LogP contribution in [0.4, 0.5) is 20.2 Å². The number of hydrogen-bond acceptors (Lipinski definition) is 5. The SMILES string of the molecule is CC(C)CN(CC1CCC1)[C@H](CN)C(=O)Nc1ccc(N2CCOCC2=O)cc1C(F)F. The number of nitrogens with two attached hydrogens (primary N) is 1. The fourth-order valence-electron chi connectivity index (χ4n) is 4.25. The van der Waals surface area contributed by atoms with E-state index in [1.807, 2.05) is 0 Å². The van der Waals surface area contributed by atoms with Crippen molar-refractivity contribution >= 4 is 23.2 Å². The molecule has 9 heteroatoms. The van der Waals surface area contributed by atoms with Crippen LogP contribution in [0, 0.1) is 11.8 Å². The summed E-state index contributed by atoms with van der Waals surface area (Å²) in [7, 11) is 0. The highest BCUT2D eigenvalue weighted by Crippen LogP contribution is 2.32. The molecule has 2 aliphatic rings. The summed E-state index contributed by atoms with van der Waals surface area (Å²) < 4.78 is 32.8.